The van der Waals surface area contributed by atoms with Crippen LogP contribution in [0.15, 0.2) is 0 Å². The van der Waals surface area contributed by atoms with Gasteiger partial charge in [0.15, 0.2) is 0 Å². The molecule has 0 saturated heterocycles. The van der Waals surface area contributed by atoms with Crippen LogP contribution in [0.5, 0.6) is 0 Å². The van der Waals surface area contributed by atoms with Gasteiger partial charge in [0.1, 0.15) is 0 Å². The Hall–Kier alpha value is 0.210. The highest BCUT2D eigenvalue weighted by atomic mass is 32.1. The Morgan fingerprint density at radius 2 is 2.00 bits per heavy atom. The van der Waals surface area contributed by atoms with Gasteiger partial charge in [0.2, 0.25) is 0 Å². The number of alkyl halides is 2. The molecule has 0 aromatic heterocycles. The molecule has 0 nitrogen and oxygen atoms in total. The molecule has 0 amide bonds. The molecular formula is C6H10F2S. The number of rotatable bonds is 0. The van der Waals surface area contributed by atoms with Crippen LogP contribution >= 0.6 is 12.6 Å². The van der Waals surface area contributed by atoms with E-state index >= 15 is 0 Å². The van der Waals surface area contributed by atoms with E-state index in [0.717, 1.165) is 6.42 Å². The average Bonchev–Trinajstić information content (AvgIpc) is 1.77. The van der Waals surface area contributed by atoms with Crippen molar-refractivity contribution in [2.24, 2.45) is 0 Å². The van der Waals surface area contributed by atoms with Crippen LogP contribution in [0, 0.1) is 0 Å². The summed E-state index contributed by atoms with van der Waals surface area (Å²) in [5.74, 6) is -2.50. The molecule has 0 spiro atoms. The maximum Gasteiger partial charge on any atom is 0.259 e. The van der Waals surface area contributed by atoms with Crippen molar-refractivity contribution >= 4 is 12.6 Å². The topological polar surface area (TPSA) is 0 Å². The van der Waals surface area contributed by atoms with Crippen LogP contribution in [-0.2, 0) is 0 Å². The minimum atomic E-state index is -2.50. The lowest BCUT2D eigenvalue weighted by atomic mass is 9.96. The normalized spacial score (nSPS) is 34.3. The molecule has 1 fully saturated rings. The van der Waals surface area contributed by atoms with Crippen molar-refractivity contribution in [3.05, 3.63) is 0 Å². The second kappa shape index (κ2) is 2.45. The molecule has 0 bridgehead atoms. The van der Waals surface area contributed by atoms with Crippen LogP contribution in [0.1, 0.15) is 25.7 Å². The molecule has 1 unspecified atom stereocenters. The Labute approximate surface area is 59.0 Å². The monoisotopic (exact) mass is 152 g/mol. The molecule has 9 heavy (non-hydrogen) atoms. The van der Waals surface area contributed by atoms with E-state index in [2.05, 4.69) is 12.6 Å². The fraction of sp³-hybridized carbons (Fsp3) is 1.00. The lowest BCUT2D eigenvalue weighted by molar-refractivity contribution is -0.0264. The molecule has 0 heterocycles. The van der Waals surface area contributed by atoms with E-state index < -0.39 is 11.2 Å². The summed E-state index contributed by atoms with van der Waals surface area (Å²) in [5.41, 5.74) is 0. The molecule has 1 saturated carbocycles. The van der Waals surface area contributed by atoms with Crippen molar-refractivity contribution in [3.63, 3.8) is 0 Å². The van der Waals surface area contributed by atoms with Crippen LogP contribution in [-0.4, -0.2) is 11.2 Å². The summed E-state index contributed by atoms with van der Waals surface area (Å²) in [6.07, 6.45) is 2.16. The van der Waals surface area contributed by atoms with Crippen molar-refractivity contribution in [3.8, 4) is 0 Å². The van der Waals surface area contributed by atoms with Crippen molar-refractivity contribution in [2.75, 3.05) is 0 Å². The van der Waals surface area contributed by atoms with Gasteiger partial charge in [0.25, 0.3) is 5.92 Å². The average molecular weight is 152 g/mol. The van der Waals surface area contributed by atoms with Crippen LogP contribution in [0.2, 0.25) is 0 Å². The molecule has 1 atom stereocenters. The highest BCUT2D eigenvalue weighted by Crippen LogP contribution is 2.36. The maximum absolute atomic E-state index is 12.5. The van der Waals surface area contributed by atoms with Gasteiger partial charge in [0, 0.05) is 6.42 Å². The summed E-state index contributed by atoms with van der Waals surface area (Å²) in [6, 6.07) is 0. The quantitative estimate of drug-likeness (QED) is 0.506. The van der Waals surface area contributed by atoms with E-state index in [1.54, 1.807) is 0 Å². The molecule has 1 aliphatic carbocycles. The molecule has 3 heteroatoms. The van der Waals surface area contributed by atoms with Gasteiger partial charge >= 0.3 is 0 Å². The summed E-state index contributed by atoms with van der Waals surface area (Å²) < 4.78 is 25.0. The molecule has 0 N–H and O–H groups in total. The van der Waals surface area contributed by atoms with E-state index in [9.17, 15) is 8.78 Å². The van der Waals surface area contributed by atoms with E-state index in [0.29, 0.717) is 12.8 Å². The van der Waals surface area contributed by atoms with E-state index in [4.69, 9.17) is 0 Å². The first-order valence-electron chi connectivity index (χ1n) is 3.19. The number of halogens is 2. The first-order chi connectivity index (χ1) is 4.13. The molecule has 0 radical (unpaired) electrons. The smallest absolute Gasteiger partial charge is 0.206 e. The van der Waals surface area contributed by atoms with Gasteiger partial charge in [-0.05, 0) is 12.8 Å². The third-order valence-corrected chi connectivity index (χ3v) is 2.36. The summed E-state index contributed by atoms with van der Waals surface area (Å²) >= 11 is 3.79. The van der Waals surface area contributed by atoms with E-state index in [1.165, 1.54) is 0 Å². The third kappa shape index (κ3) is 1.57. The molecule has 1 aliphatic rings. The Balaban J connectivity index is 2.49. The molecule has 0 aromatic rings. The predicted octanol–water partition coefficient (Wildman–Crippen LogP) is 2.49. The minimum absolute atomic E-state index is 0.0289. The summed E-state index contributed by atoms with van der Waals surface area (Å²) in [7, 11) is 0. The fourth-order valence-corrected chi connectivity index (χ4v) is 1.39. The second-order valence-electron chi connectivity index (χ2n) is 2.52. The van der Waals surface area contributed by atoms with Gasteiger partial charge in [-0.3, -0.25) is 0 Å². The standard InChI is InChI=1S/C6H10F2S/c7-6(8)4-2-1-3-5(6)9/h5,9H,1-4H2. The zero-order valence-electron chi connectivity index (χ0n) is 5.11. The summed E-state index contributed by atoms with van der Waals surface area (Å²) in [6.45, 7) is 0. The Morgan fingerprint density at radius 3 is 2.33 bits per heavy atom. The van der Waals surface area contributed by atoms with E-state index in [-0.39, 0.29) is 6.42 Å². The highest BCUT2D eigenvalue weighted by molar-refractivity contribution is 7.81. The molecule has 0 aliphatic heterocycles. The Kier molecular flexibility index (Phi) is 1.99. The molecule has 0 aromatic carbocycles. The lowest BCUT2D eigenvalue weighted by Crippen LogP contribution is -2.32. The molecular weight excluding hydrogens is 142 g/mol. The van der Waals surface area contributed by atoms with Gasteiger partial charge in [-0.1, -0.05) is 6.42 Å². The van der Waals surface area contributed by atoms with Crippen molar-refractivity contribution in [1.29, 1.82) is 0 Å². The number of hydrogen-bond donors (Lipinski definition) is 1. The van der Waals surface area contributed by atoms with E-state index in [1.807, 2.05) is 0 Å². The van der Waals surface area contributed by atoms with Crippen molar-refractivity contribution in [2.45, 2.75) is 36.9 Å². The minimum Gasteiger partial charge on any atom is -0.206 e. The SMILES string of the molecule is FC1(F)CCCCC1S. The van der Waals surface area contributed by atoms with Gasteiger partial charge in [-0.2, -0.15) is 12.6 Å². The first-order valence-corrected chi connectivity index (χ1v) is 3.70. The van der Waals surface area contributed by atoms with Gasteiger partial charge in [-0.15, -0.1) is 0 Å². The zero-order valence-corrected chi connectivity index (χ0v) is 6.00. The Morgan fingerprint density at radius 1 is 1.33 bits per heavy atom. The molecule has 54 valence electrons. The number of hydrogen-bond acceptors (Lipinski definition) is 1. The van der Waals surface area contributed by atoms with Crippen LogP contribution in [0.4, 0.5) is 8.78 Å². The largest absolute Gasteiger partial charge is 0.259 e. The van der Waals surface area contributed by atoms with Crippen LogP contribution in [0.25, 0.3) is 0 Å². The predicted molar refractivity (Wildman–Crippen MR) is 36.2 cm³/mol. The summed E-state index contributed by atoms with van der Waals surface area (Å²) in [4.78, 5) is 0. The summed E-state index contributed by atoms with van der Waals surface area (Å²) in [5, 5.41) is -0.689. The second-order valence-corrected chi connectivity index (χ2v) is 3.15. The molecule has 1 rings (SSSR count). The zero-order chi connectivity index (χ0) is 6.91. The van der Waals surface area contributed by atoms with Crippen molar-refractivity contribution in [1.82, 2.24) is 0 Å². The van der Waals surface area contributed by atoms with Crippen LogP contribution < -0.4 is 0 Å². The Bertz CT molecular complexity index is 103. The number of thiol groups is 1. The highest BCUT2D eigenvalue weighted by Gasteiger charge is 2.38. The van der Waals surface area contributed by atoms with Gasteiger partial charge < -0.3 is 0 Å². The van der Waals surface area contributed by atoms with Gasteiger partial charge in [-0.25, -0.2) is 8.78 Å². The lowest BCUT2D eigenvalue weighted by Gasteiger charge is -2.27. The first kappa shape index (κ1) is 7.32. The van der Waals surface area contributed by atoms with Crippen molar-refractivity contribution < 1.29 is 8.78 Å². The third-order valence-electron chi connectivity index (χ3n) is 1.73. The fourth-order valence-electron chi connectivity index (χ4n) is 1.08. The maximum atomic E-state index is 12.5. The van der Waals surface area contributed by atoms with Gasteiger partial charge in [0.05, 0.1) is 5.25 Å². The van der Waals surface area contributed by atoms with Crippen LogP contribution in [0.3, 0.4) is 0 Å².